The maximum absolute atomic E-state index is 12.8. The van der Waals surface area contributed by atoms with E-state index in [2.05, 4.69) is 42.3 Å². The van der Waals surface area contributed by atoms with E-state index in [-0.39, 0.29) is 24.0 Å². The highest BCUT2D eigenvalue weighted by molar-refractivity contribution is 5.79. The second kappa shape index (κ2) is 8.97. The van der Waals surface area contributed by atoms with Gasteiger partial charge in [-0.2, -0.15) is 0 Å². The first-order chi connectivity index (χ1) is 14.1. The number of para-hydroxylation sites is 1. The summed E-state index contributed by atoms with van der Waals surface area (Å²) >= 11 is 0. The quantitative estimate of drug-likeness (QED) is 0.846. The standard InChI is InChI=1S/C24H30N2O3/c1-17-13-26(14-18(2)29-17)15-21-9-4-3-8-20(21)12-25-24(27)22-11-19-7-5-6-10-23(19)28-16-22/h3-10,17-18,22H,11-16H2,1-2H3,(H,25,27). The van der Waals surface area contributed by atoms with Crippen LogP contribution in [0, 0.1) is 5.92 Å². The van der Waals surface area contributed by atoms with Crippen molar-refractivity contribution in [2.24, 2.45) is 5.92 Å². The van der Waals surface area contributed by atoms with Crippen molar-refractivity contribution in [1.29, 1.82) is 0 Å². The Hall–Kier alpha value is -2.37. The first-order valence-electron chi connectivity index (χ1n) is 10.5. The van der Waals surface area contributed by atoms with E-state index in [0.717, 1.165) is 37.4 Å². The Kier molecular flexibility index (Phi) is 6.16. The largest absolute Gasteiger partial charge is 0.492 e. The molecule has 0 radical (unpaired) electrons. The highest BCUT2D eigenvalue weighted by Crippen LogP contribution is 2.27. The van der Waals surface area contributed by atoms with E-state index in [1.165, 1.54) is 11.1 Å². The molecule has 154 valence electrons. The Balaban J connectivity index is 1.36. The highest BCUT2D eigenvalue weighted by Gasteiger charge is 2.26. The van der Waals surface area contributed by atoms with Crippen LogP contribution in [0.2, 0.25) is 0 Å². The molecule has 4 rings (SSSR count). The normalized spacial score (nSPS) is 24.4. The summed E-state index contributed by atoms with van der Waals surface area (Å²) < 4.78 is 11.6. The van der Waals surface area contributed by atoms with Crippen LogP contribution in [0.4, 0.5) is 0 Å². The number of amides is 1. The van der Waals surface area contributed by atoms with Gasteiger partial charge in [0, 0.05) is 26.2 Å². The highest BCUT2D eigenvalue weighted by atomic mass is 16.5. The molecule has 1 saturated heterocycles. The second-order valence-corrected chi connectivity index (χ2v) is 8.26. The van der Waals surface area contributed by atoms with Crippen LogP contribution in [-0.2, 0) is 29.0 Å². The van der Waals surface area contributed by atoms with Gasteiger partial charge in [0.05, 0.1) is 18.1 Å². The van der Waals surface area contributed by atoms with Gasteiger partial charge >= 0.3 is 0 Å². The Morgan fingerprint density at radius 2 is 1.72 bits per heavy atom. The molecule has 3 atom stereocenters. The molecule has 2 heterocycles. The molecule has 1 N–H and O–H groups in total. The monoisotopic (exact) mass is 394 g/mol. The number of hydrogen-bond donors (Lipinski definition) is 1. The molecule has 0 saturated carbocycles. The zero-order chi connectivity index (χ0) is 20.2. The predicted octanol–water partition coefficient (Wildman–Crippen LogP) is 3.16. The van der Waals surface area contributed by atoms with Gasteiger partial charge in [-0.1, -0.05) is 42.5 Å². The van der Waals surface area contributed by atoms with E-state index in [0.29, 0.717) is 13.2 Å². The summed E-state index contributed by atoms with van der Waals surface area (Å²) in [7, 11) is 0. The molecule has 1 fully saturated rings. The van der Waals surface area contributed by atoms with Crippen molar-refractivity contribution in [2.45, 2.75) is 45.6 Å². The number of morpholine rings is 1. The summed E-state index contributed by atoms with van der Waals surface area (Å²) in [5.41, 5.74) is 3.54. The molecule has 1 amide bonds. The molecule has 0 bridgehead atoms. The van der Waals surface area contributed by atoms with E-state index in [9.17, 15) is 4.79 Å². The summed E-state index contributed by atoms with van der Waals surface area (Å²) in [6.07, 6.45) is 1.23. The van der Waals surface area contributed by atoms with Crippen molar-refractivity contribution in [2.75, 3.05) is 19.7 Å². The Morgan fingerprint density at radius 3 is 2.52 bits per heavy atom. The maximum Gasteiger partial charge on any atom is 0.227 e. The molecule has 2 aromatic rings. The summed E-state index contributed by atoms with van der Waals surface area (Å²) in [5.74, 6) is 0.816. The third kappa shape index (κ3) is 4.98. The molecular weight excluding hydrogens is 364 g/mol. The lowest BCUT2D eigenvalue weighted by Crippen LogP contribution is -2.45. The van der Waals surface area contributed by atoms with Crippen LogP contribution < -0.4 is 10.1 Å². The summed E-state index contributed by atoms with van der Waals surface area (Å²) in [4.78, 5) is 15.2. The van der Waals surface area contributed by atoms with Crippen LogP contribution >= 0.6 is 0 Å². The lowest BCUT2D eigenvalue weighted by molar-refractivity contribution is -0.126. The topological polar surface area (TPSA) is 50.8 Å². The van der Waals surface area contributed by atoms with E-state index in [1.54, 1.807) is 0 Å². The molecule has 0 spiro atoms. The van der Waals surface area contributed by atoms with Crippen LogP contribution in [0.1, 0.15) is 30.5 Å². The minimum absolute atomic E-state index is 0.0583. The molecule has 2 aromatic carbocycles. The number of nitrogens with zero attached hydrogens (tertiary/aromatic N) is 1. The molecule has 0 aromatic heterocycles. The van der Waals surface area contributed by atoms with Gasteiger partial charge < -0.3 is 14.8 Å². The number of ether oxygens (including phenoxy) is 2. The fourth-order valence-electron chi connectivity index (χ4n) is 4.36. The molecule has 2 aliphatic heterocycles. The van der Waals surface area contributed by atoms with Crippen molar-refractivity contribution in [3.63, 3.8) is 0 Å². The van der Waals surface area contributed by atoms with Crippen molar-refractivity contribution < 1.29 is 14.3 Å². The third-order valence-electron chi connectivity index (χ3n) is 5.71. The molecular formula is C24H30N2O3. The van der Waals surface area contributed by atoms with Gasteiger partial charge in [0.1, 0.15) is 12.4 Å². The van der Waals surface area contributed by atoms with Crippen molar-refractivity contribution in [3.05, 3.63) is 65.2 Å². The lowest BCUT2D eigenvalue weighted by atomic mass is 9.96. The summed E-state index contributed by atoms with van der Waals surface area (Å²) in [6, 6.07) is 16.3. The van der Waals surface area contributed by atoms with Gasteiger partial charge in [0.25, 0.3) is 0 Å². The van der Waals surface area contributed by atoms with Crippen LogP contribution in [0.25, 0.3) is 0 Å². The zero-order valence-electron chi connectivity index (χ0n) is 17.3. The fourth-order valence-corrected chi connectivity index (χ4v) is 4.36. The minimum Gasteiger partial charge on any atom is -0.492 e. The predicted molar refractivity (Wildman–Crippen MR) is 113 cm³/mol. The van der Waals surface area contributed by atoms with E-state index >= 15 is 0 Å². The van der Waals surface area contributed by atoms with E-state index in [4.69, 9.17) is 9.47 Å². The number of nitrogens with one attached hydrogen (secondary N) is 1. The van der Waals surface area contributed by atoms with Gasteiger partial charge in [-0.3, -0.25) is 9.69 Å². The SMILES string of the molecule is CC1CN(Cc2ccccc2CNC(=O)C2COc3ccccc3C2)CC(C)O1. The maximum atomic E-state index is 12.8. The first kappa shape index (κ1) is 19.9. The minimum atomic E-state index is -0.141. The molecule has 0 aliphatic carbocycles. The van der Waals surface area contributed by atoms with Crippen LogP contribution in [0.15, 0.2) is 48.5 Å². The van der Waals surface area contributed by atoms with Crippen molar-refractivity contribution in [1.82, 2.24) is 10.2 Å². The number of hydrogen-bond acceptors (Lipinski definition) is 4. The molecule has 29 heavy (non-hydrogen) atoms. The molecule has 5 nitrogen and oxygen atoms in total. The number of rotatable bonds is 5. The average molecular weight is 395 g/mol. The molecule has 5 heteroatoms. The summed E-state index contributed by atoms with van der Waals surface area (Å²) in [6.45, 7) is 7.98. The van der Waals surface area contributed by atoms with Gasteiger partial charge in [0.15, 0.2) is 0 Å². The zero-order valence-corrected chi connectivity index (χ0v) is 17.3. The van der Waals surface area contributed by atoms with Crippen LogP contribution in [0.5, 0.6) is 5.75 Å². The van der Waals surface area contributed by atoms with Gasteiger partial charge in [-0.25, -0.2) is 0 Å². The third-order valence-corrected chi connectivity index (χ3v) is 5.71. The first-order valence-corrected chi connectivity index (χ1v) is 10.5. The van der Waals surface area contributed by atoms with Gasteiger partial charge in [-0.15, -0.1) is 0 Å². The molecule has 3 unspecified atom stereocenters. The summed E-state index contributed by atoms with van der Waals surface area (Å²) in [5, 5.41) is 3.13. The Morgan fingerprint density at radius 1 is 1.03 bits per heavy atom. The average Bonchev–Trinajstić information content (AvgIpc) is 2.72. The lowest BCUT2D eigenvalue weighted by Gasteiger charge is -2.35. The number of carbonyl (C=O) groups is 1. The Bertz CT molecular complexity index is 844. The number of benzene rings is 2. The molecule has 2 aliphatic rings. The van der Waals surface area contributed by atoms with Crippen LogP contribution in [-0.4, -0.2) is 42.7 Å². The number of carbonyl (C=O) groups excluding carboxylic acids is 1. The van der Waals surface area contributed by atoms with Gasteiger partial charge in [-0.05, 0) is 43.0 Å². The van der Waals surface area contributed by atoms with Gasteiger partial charge in [0.2, 0.25) is 5.91 Å². The van der Waals surface area contributed by atoms with E-state index in [1.807, 2.05) is 30.3 Å². The van der Waals surface area contributed by atoms with Crippen molar-refractivity contribution >= 4 is 5.91 Å². The fraction of sp³-hybridized carbons (Fsp3) is 0.458. The Labute approximate surface area is 173 Å². The smallest absolute Gasteiger partial charge is 0.227 e. The van der Waals surface area contributed by atoms with Crippen molar-refractivity contribution in [3.8, 4) is 5.75 Å². The van der Waals surface area contributed by atoms with Crippen LogP contribution in [0.3, 0.4) is 0 Å². The van der Waals surface area contributed by atoms with E-state index < -0.39 is 0 Å². The second-order valence-electron chi connectivity index (χ2n) is 8.26. The number of fused-ring (bicyclic) bond motifs is 1.